The zero-order valence-electron chi connectivity index (χ0n) is 10.6. The lowest BCUT2D eigenvalue weighted by Gasteiger charge is -2.11. The van der Waals surface area contributed by atoms with Gasteiger partial charge in [-0.15, -0.1) is 0 Å². The average Bonchev–Trinajstić information content (AvgIpc) is 2.82. The molecule has 0 aliphatic carbocycles. The van der Waals surface area contributed by atoms with Gasteiger partial charge in [-0.05, 0) is 6.42 Å². The second-order valence-electron chi connectivity index (χ2n) is 4.37. The van der Waals surface area contributed by atoms with Crippen molar-refractivity contribution in [3.63, 3.8) is 0 Å². The van der Waals surface area contributed by atoms with E-state index >= 15 is 0 Å². The zero-order chi connectivity index (χ0) is 14.7. The number of nitrogens with zero attached hydrogens (tertiary/aromatic N) is 4. The smallest absolute Gasteiger partial charge is 0.357 e. The number of aromatic carboxylic acids is 1. The molecular formula is C11H15N5O4. The number of carbonyl (C=O) groups is 1. The molecule has 0 amide bonds. The fourth-order valence-corrected chi connectivity index (χ4v) is 1.84. The molecular weight excluding hydrogens is 266 g/mol. The maximum Gasteiger partial charge on any atom is 0.357 e. The lowest BCUT2D eigenvalue weighted by Crippen LogP contribution is -2.14. The molecule has 0 radical (unpaired) electrons. The molecule has 0 spiro atoms. The van der Waals surface area contributed by atoms with Gasteiger partial charge < -0.3 is 25.6 Å². The second kappa shape index (κ2) is 5.80. The molecule has 0 unspecified atom stereocenters. The van der Waals surface area contributed by atoms with Gasteiger partial charge in [0.1, 0.15) is 5.52 Å². The van der Waals surface area contributed by atoms with E-state index in [1.165, 1.54) is 6.33 Å². The number of rotatable bonds is 6. The van der Waals surface area contributed by atoms with Gasteiger partial charge in [0.05, 0.1) is 6.33 Å². The van der Waals surface area contributed by atoms with E-state index < -0.39 is 5.97 Å². The number of anilines is 1. The van der Waals surface area contributed by atoms with Crippen molar-refractivity contribution in [2.75, 3.05) is 18.9 Å². The first kappa shape index (κ1) is 14.2. The predicted molar refractivity (Wildman–Crippen MR) is 69.0 cm³/mol. The molecule has 9 heteroatoms. The Morgan fingerprint density at radius 3 is 2.65 bits per heavy atom. The molecule has 2 heterocycles. The Hall–Kier alpha value is -2.26. The van der Waals surface area contributed by atoms with Crippen LogP contribution >= 0.6 is 0 Å². The van der Waals surface area contributed by atoms with E-state index in [1.54, 1.807) is 4.57 Å². The summed E-state index contributed by atoms with van der Waals surface area (Å²) in [4.78, 5) is 22.7. The number of imidazole rings is 1. The minimum Gasteiger partial charge on any atom is -0.476 e. The van der Waals surface area contributed by atoms with Crippen molar-refractivity contribution in [1.29, 1.82) is 0 Å². The first-order chi connectivity index (χ1) is 9.56. The molecule has 2 rings (SSSR count). The van der Waals surface area contributed by atoms with E-state index in [0.29, 0.717) is 18.6 Å². The summed E-state index contributed by atoms with van der Waals surface area (Å²) in [6.45, 7) is 0.180. The maximum atomic E-state index is 11.1. The molecule has 2 aromatic heterocycles. The largest absolute Gasteiger partial charge is 0.476 e. The minimum absolute atomic E-state index is 0.124. The Morgan fingerprint density at radius 1 is 1.35 bits per heavy atom. The SMILES string of the molecule is Nc1nc(C(=O)O)c2ncn(CCC(CO)CO)c2n1. The first-order valence-corrected chi connectivity index (χ1v) is 6.00. The van der Waals surface area contributed by atoms with Crippen LogP contribution < -0.4 is 5.73 Å². The van der Waals surface area contributed by atoms with Crippen molar-refractivity contribution in [2.24, 2.45) is 5.92 Å². The van der Waals surface area contributed by atoms with E-state index in [1.807, 2.05) is 0 Å². The topological polar surface area (TPSA) is 147 Å². The molecule has 0 aliphatic rings. The summed E-state index contributed by atoms with van der Waals surface area (Å²) < 4.78 is 1.62. The number of hydrogen-bond donors (Lipinski definition) is 4. The highest BCUT2D eigenvalue weighted by Crippen LogP contribution is 2.16. The number of aromatic nitrogens is 4. The minimum atomic E-state index is -1.22. The molecule has 0 aliphatic heterocycles. The molecule has 0 fully saturated rings. The van der Waals surface area contributed by atoms with Gasteiger partial charge in [-0.25, -0.2) is 14.8 Å². The van der Waals surface area contributed by atoms with E-state index in [4.69, 9.17) is 21.1 Å². The van der Waals surface area contributed by atoms with E-state index in [-0.39, 0.29) is 36.3 Å². The van der Waals surface area contributed by atoms with Crippen LogP contribution in [0.4, 0.5) is 5.95 Å². The Bertz CT molecular complexity index is 623. The van der Waals surface area contributed by atoms with Gasteiger partial charge in [-0.1, -0.05) is 0 Å². The number of aliphatic hydroxyl groups is 2. The standard InChI is InChI=1S/C11H15N5O4/c12-11-14-8(10(19)20)7-9(15-11)16(5-13-7)2-1-6(3-17)4-18/h5-6,17-18H,1-4H2,(H,19,20)(H2,12,14,15). The number of nitrogens with two attached hydrogens (primary N) is 1. The summed E-state index contributed by atoms with van der Waals surface area (Å²) in [5.41, 5.74) is 5.74. The highest BCUT2D eigenvalue weighted by molar-refractivity contribution is 5.98. The number of aryl methyl sites for hydroxylation is 1. The van der Waals surface area contributed by atoms with E-state index in [9.17, 15) is 4.79 Å². The van der Waals surface area contributed by atoms with Crippen molar-refractivity contribution in [2.45, 2.75) is 13.0 Å². The molecule has 20 heavy (non-hydrogen) atoms. The predicted octanol–water partition coefficient (Wildman–Crippen LogP) is -0.902. The molecule has 0 saturated carbocycles. The Labute approximate surface area is 113 Å². The first-order valence-electron chi connectivity index (χ1n) is 6.00. The van der Waals surface area contributed by atoms with Crippen LogP contribution in [-0.2, 0) is 6.54 Å². The van der Waals surface area contributed by atoms with Crippen LogP contribution in [0, 0.1) is 5.92 Å². The Morgan fingerprint density at radius 2 is 2.05 bits per heavy atom. The van der Waals surface area contributed by atoms with Crippen LogP contribution in [0.2, 0.25) is 0 Å². The third-order valence-electron chi connectivity index (χ3n) is 2.98. The van der Waals surface area contributed by atoms with Crippen LogP contribution in [0.3, 0.4) is 0 Å². The normalized spacial score (nSPS) is 11.3. The summed E-state index contributed by atoms with van der Waals surface area (Å²) in [6, 6.07) is 0. The molecule has 0 saturated heterocycles. The Balaban J connectivity index is 2.34. The van der Waals surface area contributed by atoms with Crippen molar-refractivity contribution >= 4 is 23.1 Å². The number of carboxylic acids is 1. The lowest BCUT2D eigenvalue weighted by atomic mass is 10.1. The molecule has 5 N–H and O–H groups in total. The fourth-order valence-electron chi connectivity index (χ4n) is 1.84. The lowest BCUT2D eigenvalue weighted by molar-refractivity contribution is 0.0692. The van der Waals surface area contributed by atoms with Crippen LogP contribution in [0.1, 0.15) is 16.9 Å². The maximum absolute atomic E-state index is 11.1. The summed E-state index contributed by atoms with van der Waals surface area (Å²) in [5, 5.41) is 27.1. The van der Waals surface area contributed by atoms with Crippen molar-refractivity contribution in [1.82, 2.24) is 19.5 Å². The van der Waals surface area contributed by atoms with Gasteiger partial charge in [0, 0.05) is 25.7 Å². The number of fused-ring (bicyclic) bond motifs is 1. The van der Waals surface area contributed by atoms with Crippen LogP contribution in [0.15, 0.2) is 6.33 Å². The van der Waals surface area contributed by atoms with Crippen molar-refractivity contribution in [3.05, 3.63) is 12.0 Å². The number of hydrogen-bond acceptors (Lipinski definition) is 7. The van der Waals surface area contributed by atoms with Gasteiger partial charge in [-0.2, -0.15) is 4.98 Å². The second-order valence-corrected chi connectivity index (χ2v) is 4.37. The summed E-state index contributed by atoms with van der Waals surface area (Å²) in [5.74, 6) is -1.61. The number of aliphatic hydroxyl groups excluding tert-OH is 2. The molecule has 0 atom stereocenters. The third-order valence-corrected chi connectivity index (χ3v) is 2.98. The van der Waals surface area contributed by atoms with Crippen molar-refractivity contribution < 1.29 is 20.1 Å². The molecule has 108 valence electrons. The van der Waals surface area contributed by atoms with Crippen molar-refractivity contribution in [3.8, 4) is 0 Å². The molecule has 2 aromatic rings. The highest BCUT2D eigenvalue weighted by atomic mass is 16.4. The summed E-state index contributed by atoms with van der Waals surface area (Å²) in [6.07, 6.45) is 1.95. The zero-order valence-corrected chi connectivity index (χ0v) is 10.6. The summed E-state index contributed by atoms with van der Waals surface area (Å²) >= 11 is 0. The van der Waals surface area contributed by atoms with Gasteiger partial charge in [0.15, 0.2) is 11.3 Å². The van der Waals surface area contributed by atoms with Gasteiger partial charge in [-0.3, -0.25) is 0 Å². The van der Waals surface area contributed by atoms with Crippen LogP contribution in [-0.4, -0.2) is 54.0 Å². The molecule has 0 aromatic carbocycles. The fraction of sp³-hybridized carbons (Fsp3) is 0.455. The van der Waals surface area contributed by atoms with Crippen LogP contribution in [0.5, 0.6) is 0 Å². The quantitative estimate of drug-likeness (QED) is 0.532. The monoisotopic (exact) mass is 281 g/mol. The Kier molecular flexibility index (Phi) is 4.11. The number of carboxylic acid groups (broad SMARTS) is 1. The van der Waals surface area contributed by atoms with Gasteiger partial charge in [0.25, 0.3) is 0 Å². The third kappa shape index (κ3) is 2.68. The molecule has 9 nitrogen and oxygen atoms in total. The summed E-state index contributed by atoms with van der Waals surface area (Å²) in [7, 11) is 0. The average molecular weight is 281 g/mol. The molecule has 0 bridgehead atoms. The highest BCUT2D eigenvalue weighted by Gasteiger charge is 2.17. The van der Waals surface area contributed by atoms with Gasteiger partial charge in [0.2, 0.25) is 5.95 Å². The van der Waals surface area contributed by atoms with E-state index in [2.05, 4.69) is 15.0 Å². The van der Waals surface area contributed by atoms with E-state index in [0.717, 1.165) is 0 Å². The van der Waals surface area contributed by atoms with Gasteiger partial charge >= 0.3 is 5.97 Å². The van der Waals surface area contributed by atoms with Crippen LogP contribution in [0.25, 0.3) is 11.2 Å². The number of nitrogen functional groups attached to an aromatic ring is 1.